The SMILES string of the molecule is CC(O)(CNC(=O)c1cncc(F)c1)CC(=O)O. The summed E-state index contributed by atoms with van der Waals surface area (Å²) in [7, 11) is 0. The highest BCUT2D eigenvalue weighted by atomic mass is 19.1. The minimum absolute atomic E-state index is 0.00104. The molecule has 6 nitrogen and oxygen atoms in total. The lowest BCUT2D eigenvalue weighted by Crippen LogP contribution is -2.42. The van der Waals surface area contributed by atoms with Crippen LogP contribution in [0.3, 0.4) is 0 Å². The average molecular weight is 256 g/mol. The van der Waals surface area contributed by atoms with E-state index in [1.807, 2.05) is 0 Å². The minimum atomic E-state index is -1.57. The molecule has 98 valence electrons. The summed E-state index contributed by atoms with van der Waals surface area (Å²) in [5.41, 5.74) is -1.57. The molecule has 0 spiro atoms. The van der Waals surface area contributed by atoms with Gasteiger partial charge < -0.3 is 15.5 Å². The van der Waals surface area contributed by atoms with E-state index in [1.165, 1.54) is 13.1 Å². The van der Waals surface area contributed by atoms with Gasteiger partial charge in [0.2, 0.25) is 0 Å². The second-order valence-electron chi connectivity index (χ2n) is 4.14. The minimum Gasteiger partial charge on any atom is -0.481 e. The zero-order valence-corrected chi connectivity index (χ0v) is 9.68. The summed E-state index contributed by atoms with van der Waals surface area (Å²) in [6, 6.07) is 0.994. The van der Waals surface area contributed by atoms with Crippen molar-refractivity contribution in [2.75, 3.05) is 6.54 Å². The van der Waals surface area contributed by atoms with Gasteiger partial charge in [-0.15, -0.1) is 0 Å². The van der Waals surface area contributed by atoms with Gasteiger partial charge in [0, 0.05) is 12.7 Å². The van der Waals surface area contributed by atoms with Gasteiger partial charge in [0.05, 0.1) is 23.8 Å². The van der Waals surface area contributed by atoms with Crippen molar-refractivity contribution in [3.63, 3.8) is 0 Å². The molecule has 18 heavy (non-hydrogen) atoms. The molecule has 1 rings (SSSR count). The molecule has 1 aromatic rings. The molecule has 0 aliphatic carbocycles. The number of nitrogens with one attached hydrogen (secondary N) is 1. The van der Waals surface area contributed by atoms with Crippen molar-refractivity contribution < 1.29 is 24.2 Å². The second-order valence-corrected chi connectivity index (χ2v) is 4.14. The molecule has 1 heterocycles. The van der Waals surface area contributed by atoms with Crippen LogP contribution in [-0.4, -0.2) is 39.2 Å². The average Bonchev–Trinajstić information content (AvgIpc) is 2.24. The van der Waals surface area contributed by atoms with Gasteiger partial charge >= 0.3 is 5.97 Å². The van der Waals surface area contributed by atoms with Crippen LogP contribution in [0.1, 0.15) is 23.7 Å². The molecule has 0 saturated carbocycles. The molecular formula is C11H13FN2O4. The van der Waals surface area contributed by atoms with E-state index in [4.69, 9.17) is 5.11 Å². The molecule has 7 heteroatoms. The van der Waals surface area contributed by atoms with E-state index in [-0.39, 0.29) is 12.1 Å². The lowest BCUT2D eigenvalue weighted by Gasteiger charge is -2.21. The summed E-state index contributed by atoms with van der Waals surface area (Å²) in [5.74, 6) is -2.46. The van der Waals surface area contributed by atoms with Gasteiger partial charge in [-0.05, 0) is 13.0 Å². The van der Waals surface area contributed by atoms with Crippen LogP contribution in [0.25, 0.3) is 0 Å². The number of hydrogen-bond donors (Lipinski definition) is 3. The first kappa shape index (κ1) is 14.0. The van der Waals surface area contributed by atoms with Crippen LogP contribution >= 0.6 is 0 Å². The van der Waals surface area contributed by atoms with E-state index >= 15 is 0 Å². The van der Waals surface area contributed by atoms with Gasteiger partial charge in [0.25, 0.3) is 5.91 Å². The third-order valence-electron chi connectivity index (χ3n) is 2.13. The largest absolute Gasteiger partial charge is 0.481 e. The molecule has 0 aromatic carbocycles. The van der Waals surface area contributed by atoms with Crippen LogP contribution in [-0.2, 0) is 4.79 Å². The number of carbonyl (C=O) groups excluding carboxylic acids is 1. The number of aliphatic hydroxyl groups is 1. The van der Waals surface area contributed by atoms with Gasteiger partial charge in [-0.2, -0.15) is 0 Å². The Morgan fingerprint density at radius 3 is 2.72 bits per heavy atom. The number of halogens is 1. The van der Waals surface area contributed by atoms with Crippen molar-refractivity contribution in [2.24, 2.45) is 0 Å². The van der Waals surface area contributed by atoms with Crippen molar-refractivity contribution >= 4 is 11.9 Å². The van der Waals surface area contributed by atoms with E-state index in [1.54, 1.807) is 0 Å². The second kappa shape index (κ2) is 5.54. The third-order valence-corrected chi connectivity index (χ3v) is 2.13. The number of carbonyl (C=O) groups is 2. The first-order valence-corrected chi connectivity index (χ1v) is 5.13. The standard InChI is InChI=1S/C11H13FN2O4/c1-11(18,3-9(15)16)6-14-10(17)7-2-8(12)5-13-4-7/h2,4-5,18H,3,6H2,1H3,(H,14,17)(H,15,16). The van der Waals surface area contributed by atoms with Gasteiger partial charge in [-0.1, -0.05) is 0 Å². The van der Waals surface area contributed by atoms with E-state index in [9.17, 15) is 19.1 Å². The molecule has 1 atom stereocenters. The molecule has 0 bridgehead atoms. The summed E-state index contributed by atoms with van der Waals surface area (Å²) in [6.45, 7) is 1.03. The number of aromatic nitrogens is 1. The Labute approximate surface area is 102 Å². The van der Waals surface area contributed by atoms with E-state index in [0.29, 0.717) is 0 Å². The van der Waals surface area contributed by atoms with E-state index in [0.717, 1.165) is 12.3 Å². The molecule has 1 aromatic heterocycles. The molecule has 0 aliphatic rings. The van der Waals surface area contributed by atoms with Crippen molar-refractivity contribution in [3.05, 3.63) is 29.8 Å². The first-order valence-electron chi connectivity index (χ1n) is 5.13. The van der Waals surface area contributed by atoms with Crippen LogP contribution in [0.4, 0.5) is 4.39 Å². The molecule has 0 radical (unpaired) electrons. The molecule has 1 amide bonds. The Kier molecular flexibility index (Phi) is 4.33. The number of nitrogens with zero attached hydrogens (tertiary/aromatic N) is 1. The first-order chi connectivity index (χ1) is 8.30. The fourth-order valence-electron chi connectivity index (χ4n) is 1.30. The molecule has 0 aliphatic heterocycles. The fraction of sp³-hybridized carbons (Fsp3) is 0.364. The monoisotopic (exact) mass is 256 g/mol. The van der Waals surface area contributed by atoms with Gasteiger partial charge in [-0.3, -0.25) is 14.6 Å². The normalized spacial score (nSPS) is 13.7. The summed E-state index contributed by atoms with van der Waals surface area (Å²) < 4.78 is 12.8. The number of pyridine rings is 1. The maximum Gasteiger partial charge on any atom is 0.306 e. The van der Waals surface area contributed by atoms with Gasteiger partial charge in [-0.25, -0.2) is 4.39 Å². The number of aliphatic carboxylic acids is 1. The Morgan fingerprint density at radius 1 is 1.50 bits per heavy atom. The predicted octanol–water partition coefficient (Wildman–Crippen LogP) is 0.176. The van der Waals surface area contributed by atoms with Gasteiger partial charge in [0.1, 0.15) is 5.82 Å². The zero-order valence-electron chi connectivity index (χ0n) is 9.68. The lowest BCUT2D eigenvalue weighted by atomic mass is 10.0. The Balaban J connectivity index is 2.58. The van der Waals surface area contributed by atoms with Crippen molar-refractivity contribution in [1.82, 2.24) is 10.3 Å². The molecule has 0 saturated heterocycles. The maximum absolute atomic E-state index is 12.8. The summed E-state index contributed by atoms with van der Waals surface area (Å²) >= 11 is 0. The Hall–Kier alpha value is -2.02. The van der Waals surface area contributed by atoms with Crippen molar-refractivity contribution in [3.8, 4) is 0 Å². The van der Waals surface area contributed by atoms with E-state index in [2.05, 4.69) is 10.3 Å². The maximum atomic E-state index is 12.8. The molecule has 1 unspecified atom stereocenters. The van der Waals surface area contributed by atoms with Crippen LogP contribution < -0.4 is 5.32 Å². The molecule has 3 N–H and O–H groups in total. The van der Waals surface area contributed by atoms with E-state index < -0.39 is 29.7 Å². The van der Waals surface area contributed by atoms with Crippen LogP contribution in [0.2, 0.25) is 0 Å². The summed E-state index contributed by atoms with van der Waals surface area (Å²) in [6.07, 6.45) is 1.62. The van der Waals surface area contributed by atoms with Crippen molar-refractivity contribution in [2.45, 2.75) is 18.9 Å². The van der Waals surface area contributed by atoms with Crippen LogP contribution in [0, 0.1) is 5.82 Å². The molecular weight excluding hydrogens is 243 g/mol. The number of carboxylic acid groups (broad SMARTS) is 1. The van der Waals surface area contributed by atoms with Crippen LogP contribution in [0.15, 0.2) is 18.5 Å². The Bertz CT molecular complexity index is 462. The molecule has 0 fully saturated rings. The number of amides is 1. The third kappa shape index (κ3) is 4.46. The number of carboxylic acids is 1. The fourth-order valence-corrected chi connectivity index (χ4v) is 1.30. The van der Waals surface area contributed by atoms with Gasteiger partial charge in [0.15, 0.2) is 0 Å². The summed E-state index contributed by atoms with van der Waals surface area (Å²) in [5, 5.41) is 20.5. The highest BCUT2D eigenvalue weighted by Gasteiger charge is 2.25. The lowest BCUT2D eigenvalue weighted by molar-refractivity contribution is -0.141. The summed E-state index contributed by atoms with van der Waals surface area (Å²) in [4.78, 5) is 25.5. The zero-order chi connectivity index (χ0) is 13.8. The highest BCUT2D eigenvalue weighted by molar-refractivity contribution is 5.93. The number of hydrogen-bond acceptors (Lipinski definition) is 4. The van der Waals surface area contributed by atoms with Crippen molar-refractivity contribution in [1.29, 1.82) is 0 Å². The highest BCUT2D eigenvalue weighted by Crippen LogP contribution is 2.08. The smallest absolute Gasteiger partial charge is 0.306 e. The van der Waals surface area contributed by atoms with Crippen LogP contribution in [0.5, 0.6) is 0 Å². The quantitative estimate of drug-likeness (QED) is 0.697. The number of rotatable bonds is 5. The topological polar surface area (TPSA) is 99.5 Å². The Morgan fingerprint density at radius 2 is 2.17 bits per heavy atom. The predicted molar refractivity (Wildman–Crippen MR) is 59.4 cm³/mol.